The highest BCUT2D eigenvalue weighted by atomic mass is 16.6. The van der Waals surface area contributed by atoms with Gasteiger partial charge in [-0.1, -0.05) is 0 Å². The van der Waals surface area contributed by atoms with Crippen molar-refractivity contribution in [2.75, 3.05) is 0 Å². The van der Waals surface area contributed by atoms with Crippen LogP contribution in [0.2, 0.25) is 0 Å². The summed E-state index contributed by atoms with van der Waals surface area (Å²) in [5.41, 5.74) is -1.47. The summed E-state index contributed by atoms with van der Waals surface area (Å²) in [6, 6.07) is -0.346. The third-order valence-corrected chi connectivity index (χ3v) is 2.93. The number of carbonyl (C=O) groups excluding carboxylic acids is 1. The molecule has 0 radical (unpaired) electrons. The molecule has 1 N–H and O–H groups in total. The van der Waals surface area contributed by atoms with Gasteiger partial charge < -0.3 is 14.6 Å². The summed E-state index contributed by atoms with van der Waals surface area (Å²) >= 11 is 0. The lowest BCUT2D eigenvalue weighted by Gasteiger charge is -2.34. The summed E-state index contributed by atoms with van der Waals surface area (Å²) in [5, 5.41) is 8.86. The normalized spacial score (nSPS) is 26.3. The second-order valence-corrected chi connectivity index (χ2v) is 6.29. The molecule has 1 rings (SSSR count). The molecular weight excluding hydrogens is 250 g/mol. The Bertz CT molecular complexity index is 372. The fourth-order valence-electron chi connectivity index (χ4n) is 2.26. The molecule has 110 valence electrons. The number of ether oxygens (including phenoxy) is 2. The number of carboxylic acids is 1. The quantitative estimate of drug-likeness (QED) is 0.834. The molecule has 1 aliphatic heterocycles. The first-order valence-electron chi connectivity index (χ1n) is 6.36. The van der Waals surface area contributed by atoms with Gasteiger partial charge in [-0.05, 0) is 41.5 Å². The van der Waals surface area contributed by atoms with Gasteiger partial charge in [0.15, 0.2) is 0 Å². The molecule has 0 bridgehead atoms. The number of carbonyl (C=O) groups is 2. The van der Waals surface area contributed by atoms with Gasteiger partial charge in [0, 0.05) is 0 Å². The highest BCUT2D eigenvalue weighted by Crippen LogP contribution is 2.34. The van der Waals surface area contributed by atoms with Gasteiger partial charge in [-0.15, -0.1) is 0 Å². The molecule has 0 aromatic rings. The van der Waals surface area contributed by atoms with Crippen molar-refractivity contribution in [2.45, 2.75) is 71.4 Å². The van der Waals surface area contributed by atoms with E-state index in [2.05, 4.69) is 0 Å². The molecule has 6 heteroatoms. The summed E-state index contributed by atoms with van der Waals surface area (Å²) < 4.78 is 11.0. The largest absolute Gasteiger partial charge is 0.481 e. The van der Waals surface area contributed by atoms with Crippen molar-refractivity contribution in [3.05, 3.63) is 0 Å². The fraction of sp³-hybridized carbons (Fsp3) is 0.846. The van der Waals surface area contributed by atoms with Crippen LogP contribution in [-0.4, -0.2) is 45.5 Å². The maximum atomic E-state index is 12.2. The molecular formula is C13H23NO5. The minimum atomic E-state index is -0.946. The Morgan fingerprint density at radius 1 is 1.37 bits per heavy atom. The van der Waals surface area contributed by atoms with E-state index in [4.69, 9.17) is 14.6 Å². The van der Waals surface area contributed by atoms with Crippen molar-refractivity contribution < 1.29 is 24.2 Å². The summed E-state index contributed by atoms with van der Waals surface area (Å²) in [5.74, 6) is -0.946. The van der Waals surface area contributed by atoms with Crippen LogP contribution in [0.5, 0.6) is 0 Å². The van der Waals surface area contributed by atoms with Crippen LogP contribution in [0, 0.1) is 0 Å². The Balaban J connectivity index is 2.87. The topological polar surface area (TPSA) is 76.1 Å². The number of amides is 1. The van der Waals surface area contributed by atoms with Gasteiger partial charge in [0.05, 0.1) is 18.6 Å². The van der Waals surface area contributed by atoms with Crippen molar-refractivity contribution in [2.24, 2.45) is 0 Å². The van der Waals surface area contributed by atoms with Crippen molar-refractivity contribution in [1.82, 2.24) is 4.90 Å². The maximum Gasteiger partial charge on any atom is 0.412 e. The Labute approximate surface area is 113 Å². The van der Waals surface area contributed by atoms with Crippen LogP contribution in [0.4, 0.5) is 4.79 Å². The minimum absolute atomic E-state index is 0.135. The van der Waals surface area contributed by atoms with E-state index in [0.29, 0.717) is 0 Å². The monoisotopic (exact) mass is 273 g/mol. The van der Waals surface area contributed by atoms with Gasteiger partial charge in [0.1, 0.15) is 11.3 Å². The number of hydrogen-bond acceptors (Lipinski definition) is 4. The van der Waals surface area contributed by atoms with E-state index in [0.717, 1.165) is 0 Å². The first-order valence-corrected chi connectivity index (χ1v) is 6.36. The number of carboxylic acid groups (broad SMARTS) is 1. The third-order valence-electron chi connectivity index (χ3n) is 2.93. The molecule has 1 fully saturated rings. The van der Waals surface area contributed by atoms with Crippen LogP contribution < -0.4 is 0 Å². The summed E-state index contributed by atoms with van der Waals surface area (Å²) in [7, 11) is 0. The van der Waals surface area contributed by atoms with Crippen LogP contribution in [0.1, 0.15) is 48.0 Å². The summed E-state index contributed by atoms with van der Waals surface area (Å²) in [6.45, 7) is 10.6. The van der Waals surface area contributed by atoms with E-state index in [-0.39, 0.29) is 12.5 Å². The zero-order valence-corrected chi connectivity index (χ0v) is 12.4. The third kappa shape index (κ3) is 3.83. The highest BCUT2D eigenvalue weighted by Gasteiger charge is 2.49. The highest BCUT2D eigenvalue weighted by molar-refractivity contribution is 5.71. The average Bonchev–Trinajstić information content (AvgIpc) is 2.31. The van der Waals surface area contributed by atoms with Gasteiger partial charge in [0.2, 0.25) is 0 Å². The summed E-state index contributed by atoms with van der Waals surface area (Å²) in [4.78, 5) is 24.5. The first-order chi connectivity index (χ1) is 8.44. The predicted octanol–water partition coefficient (Wildman–Crippen LogP) is 2.22. The SMILES string of the molecule is C[C@H]1[C@@H](CC(=O)O)OC(C)(C)N1C(=O)OC(C)(C)C. The maximum absolute atomic E-state index is 12.2. The van der Waals surface area contributed by atoms with E-state index >= 15 is 0 Å². The molecule has 1 aliphatic rings. The molecule has 2 atom stereocenters. The Kier molecular flexibility index (Phi) is 4.14. The van der Waals surface area contributed by atoms with Gasteiger partial charge in [-0.3, -0.25) is 9.69 Å². The smallest absolute Gasteiger partial charge is 0.412 e. The lowest BCUT2D eigenvalue weighted by atomic mass is 10.1. The van der Waals surface area contributed by atoms with Gasteiger partial charge in [-0.2, -0.15) is 0 Å². The Hall–Kier alpha value is -1.30. The number of aliphatic carboxylic acids is 1. The Morgan fingerprint density at radius 2 is 1.89 bits per heavy atom. The molecule has 1 saturated heterocycles. The zero-order chi connectivity index (χ0) is 15.0. The van der Waals surface area contributed by atoms with E-state index in [9.17, 15) is 9.59 Å². The van der Waals surface area contributed by atoms with Gasteiger partial charge in [-0.25, -0.2) is 4.79 Å². The van der Waals surface area contributed by atoms with Gasteiger partial charge >= 0.3 is 12.1 Å². The van der Waals surface area contributed by atoms with Crippen molar-refractivity contribution in [3.8, 4) is 0 Å². The molecule has 0 aromatic heterocycles. The lowest BCUT2D eigenvalue weighted by molar-refractivity contribution is -0.141. The standard InChI is InChI=1S/C13H23NO5/c1-8-9(7-10(15)16)18-13(5,6)14(8)11(17)19-12(2,3)4/h8-9H,7H2,1-6H3,(H,15,16)/t8-,9+/m0/s1. The van der Waals surface area contributed by atoms with Crippen LogP contribution in [0.3, 0.4) is 0 Å². The molecule has 19 heavy (non-hydrogen) atoms. The average molecular weight is 273 g/mol. The molecule has 1 amide bonds. The van der Waals surface area contributed by atoms with Crippen LogP contribution in [-0.2, 0) is 14.3 Å². The van der Waals surface area contributed by atoms with E-state index in [1.54, 1.807) is 41.5 Å². The molecule has 0 spiro atoms. The van der Waals surface area contributed by atoms with E-state index in [1.165, 1.54) is 4.90 Å². The van der Waals surface area contributed by atoms with Crippen LogP contribution in [0.15, 0.2) is 0 Å². The Morgan fingerprint density at radius 3 is 2.32 bits per heavy atom. The second kappa shape index (κ2) is 5.00. The van der Waals surface area contributed by atoms with Crippen LogP contribution >= 0.6 is 0 Å². The molecule has 6 nitrogen and oxygen atoms in total. The van der Waals surface area contributed by atoms with Crippen molar-refractivity contribution in [3.63, 3.8) is 0 Å². The predicted molar refractivity (Wildman–Crippen MR) is 68.7 cm³/mol. The molecule has 0 aliphatic carbocycles. The first kappa shape index (κ1) is 15.8. The molecule has 0 saturated carbocycles. The molecule has 0 aromatic carbocycles. The number of nitrogens with zero attached hydrogens (tertiary/aromatic N) is 1. The number of hydrogen-bond donors (Lipinski definition) is 1. The zero-order valence-electron chi connectivity index (χ0n) is 12.4. The lowest BCUT2D eigenvalue weighted by Crippen LogP contribution is -2.49. The van der Waals surface area contributed by atoms with E-state index in [1.807, 2.05) is 0 Å². The van der Waals surface area contributed by atoms with Gasteiger partial charge in [0.25, 0.3) is 0 Å². The molecule has 0 unspecified atom stereocenters. The minimum Gasteiger partial charge on any atom is -0.481 e. The van der Waals surface area contributed by atoms with Crippen LogP contribution in [0.25, 0.3) is 0 Å². The van der Waals surface area contributed by atoms with E-state index < -0.39 is 29.5 Å². The molecule has 1 heterocycles. The number of rotatable bonds is 2. The van der Waals surface area contributed by atoms with Crippen molar-refractivity contribution in [1.29, 1.82) is 0 Å². The fourth-order valence-corrected chi connectivity index (χ4v) is 2.26. The summed E-state index contributed by atoms with van der Waals surface area (Å²) in [6.07, 6.45) is -1.15. The second-order valence-electron chi connectivity index (χ2n) is 6.29. The van der Waals surface area contributed by atoms with Crippen molar-refractivity contribution >= 4 is 12.1 Å².